The quantitative estimate of drug-likeness (QED) is 0.0751. The molecule has 0 atom stereocenters. The SMILES string of the molecule is CCCN(C(=O)OCOP(=O)(OCc1ccccc1)OCc1ccccc1)C(=O)c1cn2ncnc(Nc3cc(C(=O)NC4CC4)ccc3C)c2c1C.[HH]. The fourth-order valence-corrected chi connectivity index (χ4v) is 6.44. The van der Waals surface area contributed by atoms with E-state index in [2.05, 4.69) is 20.7 Å². The Morgan fingerprint density at radius 1 is 0.943 bits per heavy atom. The molecule has 14 nitrogen and oxygen atoms in total. The van der Waals surface area contributed by atoms with Crippen LogP contribution in [0.1, 0.15) is 70.6 Å². The van der Waals surface area contributed by atoms with Crippen molar-refractivity contribution in [2.45, 2.75) is 59.3 Å². The maximum atomic E-state index is 13.9. The minimum Gasteiger partial charge on any atom is -0.421 e. The van der Waals surface area contributed by atoms with Crippen molar-refractivity contribution < 1.29 is 38.7 Å². The highest BCUT2D eigenvalue weighted by Gasteiger charge is 2.31. The molecule has 0 radical (unpaired) electrons. The minimum absolute atomic E-state index is 0. The van der Waals surface area contributed by atoms with Gasteiger partial charge in [0, 0.05) is 31.5 Å². The van der Waals surface area contributed by atoms with Gasteiger partial charge in [-0.2, -0.15) is 5.10 Å². The molecule has 0 bridgehead atoms. The fourth-order valence-electron chi connectivity index (χ4n) is 5.42. The number of carbonyl (C=O) groups is 3. The second-order valence-electron chi connectivity index (χ2n) is 12.6. The first-order valence-corrected chi connectivity index (χ1v) is 18.7. The monoisotopic (exact) mass is 742 g/mol. The van der Waals surface area contributed by atoms with Gasteiger partial charge in [-0.1, -0.05) is 73.7 Å². The summed E-state index contributed by atoms with van der Waals surface area (Å²) in [4.78, 5) is 45.4. The Morgan fingerprint density at radius 3 is 2.23 bits per heavy atom. The van der Waals surface area contributed by atoms with E-state index in [1.54, 1.807) is 43.3 Å². The molecule has 0 aliphatic heterocycles. The molecule has 6 rings (SSSR count). The first kappa shape index (κ1) is 37.4. The van der Waals surface area contributed by atoms with Crippen molar-refractivity contribution >= 4 is 42.8 Å². The number of anilines is 2. The van der Waals surface area contributed by atoms with Crippen LogP contribution < -0.4 is 10.6 Å². The summed E-state index contributed by atoms with van der Waals surface area (Å²) in [6.07, 6.45) is 4.24. The van der Waals surface area contributed by atoms with E-state index in [4.69, 9.17) is 18.3 Å². The number of rotatable bonds is 16. The number of ether oxygens (including phenoxy) is 1. The van der Waals surface area contributed by atoms with Crippen molar-refractivity contribution in [3.63, 3.8) is 0 Å². The van der Waals surface area contributed by atoms with E-state index < -0.39 is 26.6 Å². The molecule has 2 aromatic heterocycles. The topological polar surface area (TPSA) is 163 Å². The van der Waals surface area contributed by atoms with Crippen LogP contribution in [-0.4, -0.2) is 56.8 Å². The van der Waals surface area contributed by atoms with Gasteiger partial charge in [-0.15, -0.1) is 0 Å². The molecular formula is C38H43N6O8P. The largest absolute Gasteiger partial charge is 0.478 e. The van der Waals surface area contributed by atoms with E-state index in [1.807, 2.05) is 56.3 Å². The van der Waals surface area contributed by atoms with Gasteiger partial charge >= 0.3 is 13.9 Å². The van der Waals surface area contributed by atoms with Crippen LogP contribution in [0.15, 0.2) is 91.4 Å². The average Bonchev–Trinajstić information content (AvgIpc) is 3.92. The average molecular weight is 743 g/mol. The molecule has 2 heterocycles. The lowest BCUT2D eigenvalue weighted by molar-refractivity contribution is 0.00495. The maximum absolute atomic E-state index is 13.9. The van der Waals surface area contributed by atoms with Gasteiger partial charge in [0.1, 0.15) is 11.8 Å². The van der Waals surface area contributed by atoms with Gasteiger partial charge in [-0.05, 0) is 67.5 Å². The number of imide groups is 1. The van der Waals surface area contributed by atoms with Gasteiger partial charge in [0.2, 0.25) is 6.79 Å². The molecule has 0 saturated heterocycles. The highest BCUT2D eigenvalue weighted by molar-refractivity contribution is 7.48. The summed E-state index contributed by atoms with van der Waals surface area (Å²) < 4.78 is 37.1. The molecule has 1 fully saturated rings. The van der Waals surface area contributed by atoms with Crippen molar-refractivity contribution in [2.24, 2.45) is 0 Å². The predicted molar refractivity (Wildman–Crippen MR) is 199 cm³/mol. The smallest absolute Gasteiger partial charge is 0.421 e. The van der Waals surface area contributed by atoms with Gasteiger partial charge in [0.05, 0.1) is 18.8 Å². The number of aromatic nitrogens is 3. The summed E-state index contributed by atoms with van der Waals surface area (Å²) in [5.74, 6) is -0.380. The molecule has 1 saturated carbocycles. The Kier molecular flexibility index (Phi) is 12.0. The number of carbonyl (C=O) groups excluding carboxylic acids is 3. The number of nitrogens with one attached hydrogen (secondary N) is 2. The molecular weight excluding hydrogens is 699 g/mol. The number of fused-ring (bicyclic) bond motifs is 1. The lowest BCUT2D eigenvalue weighted by Gasteiger charge is -2.21. The van der Waals surface area contributed by atoms with Crippen molar-refractivity contribution in [2.75, 3.05) is 18.7 Å². The first-order valence-electron chi connectivity index (χ1n) is 17.3. The molecule has 0 unspecified atom stereocenters. The zero-order valence-corrected chi connectivity index (χ0v) is 30.6. The summed E-state index contributed by atoms with van der Waals surface area (Å²) in [6, 6.07) is 23.7. The fraction of sp³-hybridized carbons (Fsp3) is 0.289. The standard InChI is InChI=1S/C38H41N6O8P.H2/c1-4-19-43(38(47)49-25-52-53(48,50-22-28-11-7-5-8-12-28)51-23-29-13-9-6-10-14-29)37(46)32-21-44-34(27(32)3)35(39-24-40-44)42-33-20-30(16-15-26(33)2)36(45)41-31-17-18-31;/h5-16,20-21,24,31H,4,17-19,22-23,25H2,1-3H3,(H,41,45)(H,39,40,42);1H. The maximum Gasteiger partial charge on any atom is 0.478 e. The van der Waals surface area contributed by atoms with Gasteiger partial charge in [-0.3, -0.25) is 18.6 Å². The number of hydrogen-bond acceptors (Lipinski definition) is 11. The molecule has 1 aliphatic rings. The van der Waals surface area contributed by atoms with Crippen molar-refractivity contribution in [1.82, 2.24) is 24.8 Å². The van der Waals surface area contributed by atoms with E-state index in [0.29, 0.717) is 34.6 Å². The molecule has 5 aromatic rings. The van der Waals surface area contributed by atoms with E-state index in [9.17, 15) is 18.9 Å². The summed E-state index contributed by atoms with van der Waals surface area (Å²) in [7, 11) is -4.24. The Hall–Kier alpha value is -5.40. The van der Waals surface area contributed by atoms with Crippen LogP contribution in [0, 0.1) is 13.8 Å². The highest BCUT2D eigenvalue weighted by Crippen LogP contribution is 2.51. The zero-order chi connectivity index (χ0) is 37.4. The van der Waals surface area contributed by atoms with Gasteiger partial charge in [0.25, 0.3) is 11.8 Å². The Bertz CT molecular complexity index is 2080. The third-order valence-corrected chi connectivity index (χ3v) is 9.81. The van der Waals surface area contributed by atoms with Crippen LogP contribution in [0.25, 0.3) is 5.52 Å². The number of phosphoric acid groups is 1. The second kappa shape index (κ2) is 17.0. The third kappa shape index (κ3) is 9.53. The molecule has 3 aromatic carbocycles. The van der Waals surface area contributed by atoms with Crippen LogP contribution in [0.3, 0.4) is 0 Å². The summed E-state index contributed by atoms with van der Waals surface area (Å²) in [6.45, 7) is 4.51. The van der Waals surface area contributed by atoms with Gasteiger partial charge < -0.3 is 15.4 Å². The normalized spacial score (nSPS) is 12.7. The Balaban J connectivity index is 0.00000561. The minimum atomic E-state index is -4.24. The number of nitrogens with zero attached hydrogens (tertiary/aromatic N) is 4. The summed E-state index contributed by atoms with van der Waals surface area (Å²) in [5.41, 5.74) is 4.72. The molecule has 2 N–H and O–H groups in total. The molecule has 15 heteroatoms. The molecule has 53 heavy (non-hydrogen) atoms. The van der Waals surface area contributed by atoms with Crippen molar-refractivity contribution in [3.8, 4) is 0 Å². The number of amides is 3. The van der Waals surface area contributed by atoms with E-state index in [1.165, 1.54) is 17.0 Å². The zero-order valence-electron chi connectivity index (χ0n) is 29.7. The van der Waals surface area contributed by atoms with Gasteiger partial charge in [-0.25, -0.2) is 28.3 Å². The van der Waals surface area contributed by atoms with Crippen LogP contribution in [0.2, 0.25) is 0 Å². The lowest BCUT2D eigenvalue weighted by Crippen LogP contribution is -2.38. The molecule has 1 aliphatic carbocycles. The van der Waals surface area contributed by atoms with E-state index in [0.717, 1.165) is 34.4 Å². The van der Waals surface area contributed by atoms with Gasteiger partial charge in [0.15, 0.2) is 5.82 Å². The Labute approximate surface area is 308 Å². The van der Waals surface area contributed by atoms with Crippen molar-refractivity contribution in [3.05, 3.63) is 125 Å². The lowest BCUT2D eigenvalue weighted by atomic mass is 10.1. The summed E-state index contributed by atoms with van der Waals surface area (Å²) >= 11 is 0. The molecule has 3 amide bonds. The number of benzene rings is 3. The third-order valence-electron chi connectivity index (χ3n) is 8.49. The molecule has 278 valence electrons. The Morgan fingerprint density at radius 2 is 1.60 bits per heavy atom. The van der Waals surface area contributed by atoms with Crippen LogP contribution in [-0.2, 0) is 36.1 Å². The second-order valence-corrected chi connectivity index (χ2v) is 14.2. The number of aryl methyl sites for hydroxylation is 2. The van der Waals surface area contributed by atoms with Crippen LogP contribution in [0.5, 0.6) is 0 Å². The molecule has 0 spiro atoms. The summed E-state index contributed by atoms with van der Waals surface area (Å²) in [5, 5.41) is 10.6. The van der Waals surface area contributed by atoms with Crippen LogP contribution in [0.4, 0.5) is 16.3 Å². The van der Waals surface area contributed by atoms with E-state index >= 15 is 0 Å². The number of phosphoric ester groups is 1. The first-order chi connectivity index (χ1) is 25.6. The highest BCUT2D eigenvalue weighted by atomic mass is 31.2. The van der Waals surface area contributed by atoms with Crippen LogP contribution >= 0.6 is 7.82 Å². The number of hydrogen-bond donors (Lipinski definition) is 2. The van der Waals surface area contributed by atoms with E-state index in [-0.39, 0.29) is 38.7 Å². The van der Waals surface area contributed by atoms with Crippen molar-refractivity contribution in [1.29, 1.82) is 0 Å². The predicted octanol–water partition coefficient (Wildman–Crippen LogP) is 7.73.